The van der Waals surface area contributed by atoms with Crippen LogP contribution in [0.4, 0.5) is 5.69 Å². The molecule has 1 atom stereocenters. The third-order valence-corrected chi connectivity index (χ3v) is 7.94. The number of carbonyl (C=O) groups is 2. The molecular weight excluding hydrogens is 596 g/mol. The predicted octanol–water partition coefficient (Wildman–Crippen LogP) is 9.13. The lowest BCUT2D eigenvalue weighted by Crippen LogP contribution is -2.42. The van der Waals surface area contributed by atoms with Gasteiger partial charge in [0.05, 0.1) is 5.56 Å². The van der Waals surface area contributed by atoms with E-state index in [1.807, 2.05) is 54.6 Å². The molecule has 0 spiro atoms. The first-order valence-electron chi connectivity index (χ1n) is 15.1. The van der Waals surface area contributed by atoms with E-state index in [9.17, 15) is 14.7 Å². The third-order valence-electron chi connectivity index (χ3n) is 7.69. The number of ether oxygens (including phenoxy) is 1. The lowest BCUT2D eigenvalue weighted by molar-refractivity contribution is -0.139. The van der Waals surface area contributed by atoms with Crippen LogP contribution in [0.2, 0.25) is 5.02 Å². The molecule has 0 saturated carbocycles. The molecule has 0 radical (unpaired) electrons. The highest BCUT2D eigenvalue weighted by Crippen LogP contribution is 2.29. The van der Waals surface area contributed by atoms with Gasteiger partial charge in [-0.2, -0.15) is 0 Å². The van der Waals surface area contributed by atoms with E-state index in [2.05, 4.69) is 55.7 Å². The first kappa shape index (κ1) is 32.3. The molecule has 0 aliphatic heterocycles. The number of carboxylic acid groups (broad SMARTS) is 1. The summed E-state index contributed by atoms with van der Waals surface area (Å²) >= 11 is 6.02. The SMILES string of the molecule is CC(C)(C)c1ccc(CNc2ccc(Oc3ccc(Cl)cc3)cc2C(=O)N[C@@H](Cc2ccc(-c3ccccc3)cc2)C(=O)O)cc1. The summed E-state index contributed by atoms with van der Waals surface area (Å²) < 4.78 is 6.00. The Morgan fingerprint density at radius 2 is 1.37 bits per heavy atom. The van der Waals surface area contributed by atoms with Crippen LogP contribution in [0, 0.1) is 0 Å². The number of amides is 1. The molecule has 1 amide bonds. The van der Waals surface area contributed by atoms with E-state index >= 15 is 0 Å². The van der Waals surface area contributed by atoms with Crippen molar-refractivity contribution in [1.29, 1.82) is 0 Å². The first-order valence-corrected chi connectivity index (χ1v) is 15.5. The Labute approximate surface area is 275 Å². The summed E-state index contributed by atoms with van der Waals surface area (Å²) in [7, 11) is 0. The van der Waals surface area contributed by atoms with Gasteiger partial charge in [0.15, 0.2) is 0 Å². The molecule has 46 heavy (non-hydrogen) atoms. The van der Waals surface area contributed by atoms with Crippen LogP contribution in [-0.2, 0) is 23.2 Å². The molecular formula is C39H37ClN2O4. The first-order chi connectivity index (χ1) is 22.0. The summed E-state index contributed by atoms with van der Waals surface area (Å²) in [6.07, 6.45) is 0.125. The zero-order valence-corrected chi connectivity index (χ0v) is 26.8. The predicted molar refractivity (Wildman–Crippen MR) is 185 cm³/mol. The van der Waals surface area contributed by atoms with Gasteiger partial charge in [0.1, 0.15) is 17.5 Å². The lowest BCUT2D eigenvalue weighted by atomic mass is 9.87. The molecule has 0 unspecified atom stereocenters. The molecule has 0 aliphatic carbocycles. The quantitative estimate of drug-likeness (QED) is 0.135. The number of carbonyl (C=O) groups excluding carboxylic acids is 1. The molecule has 0 fully saturated rings. The maximum absolute atomic E-state index is 13.7. The van der Waals surface area contributed by atoms with Gasteiger partial charge in [-0.05, 0) is 75.7 Å². The number of nitrogens with one attached hydrogen (secondary N) is 2. The molecule has 6 nitrogen and oxygen atoms in total. The number of carboxylic acids is 1. The minimum atomic E-state index is -1.14. The van der Waals surface area contributed by atoms with Gasteiger partial charge < -0.3 is 20.5 Å². The van der Waals surface area contributed by atoms with E-state index in [0.717, 1.165) is 22.3 Å². The van der Waals surface area contributed by atoms with Gasteiger partial charge in [0, 0.05) is 23.7 Å². The van der Waals surface area contributed by atoms with Crippen LogP contribution in [0.15, 0.2) is 121 Å². The van der Waals surface area contributed by atoms with Crippen molar-refractivity contribution in [3.8, 4) is 22.6 Å². The largest absolute Gasteiger partial charge is 0.480 e. The molecule has 5 aromatic rings. The topological polar surface area (TPSA) is 87.7 Å². The van der Waals surface area contributed by atoms with Gasteiger partial charge in [-0.15, -0.1) is 0 Å². The number of benzene rings is 5. The van der Waals surface area contributed by atoms with Gasteiger partial charge in [0.2, 0.25) is 0 Å². The molecule has 234 valence electrons. The summed E-state index contributed by atoms with van der Waals surface area (Å²) in [6.45, 7) is 6.98. The Bertz CT molecular complexity index is 1780. The Morgan fingerprint density at radius 3 is 2.00 bits per heavy atom. The van der Waals surface area contributed by atoms with Crippen LogP contribution in [0.1, 0.15) is 47.8 Å². The zero-order chi connectivity index (χ0) is 32.7. The fourth-order valence-corrected chi connectivity index (χ4v) is 5.15. The van der Waals surface area contributed by atoms with Gasteiger partial charge in [-0.1, -0.05) is 111 Å². The van der Waals surface area contributed by atoms with Crippen LogP contribution >= 0.6 is 11.6 Å². The van der Waals surface area contributed by atoms with E-state index in [-0.39, 0.29) is 17.4 Å². The minimum Gasteiger partial charge on any atom is -0.480 e. The standard InChI is InChI=1S/C39H37ClN2O4/c1-39(2,3)30-15-11-27(12-16-30)25-41-35-22-21-33(46-32-19-17-31(40)18-20-32)24-34(35)37(43)42-36(38(44)45)23-26-9-13-29(14-10-26)28-7-5-4-6-8-28/h4-22,24,36,41H,23,25H2,1-3H3,(H,42,43)(H,44,45)/t36-/m0/s1. The van der Waals surface area contributed by atoms with Gasteiger partial charge in [-0.25, -0.2) is 4.79 Å². The molecule has 7 heteroatoms. The summed E-state index contributed by atoms with van der Waals surface area (Å²) in [5, 5.41) is 16.7. The molecule has 5 aromatic carbocycles. The van der Waals surface area contributed by atoms with Crippen molar-refractivity contribution < 1.29 is 19.4 Å². The van der Waals surface area contributed by atoms with Crippen LogP contribution < -0.4 is 15.4 Å². The molecule has 0 saturated heterocycles. The Morgan fingerprint density at radius 1 is 0.761 bits per heavy atom. The number of halogens is 1. The molecule has 5 rings (SSSR count). The van der Waals surface area contributed by atoms with Crippen molar-refractivity contribution in [3.63, 3.8) is 0 Å². The monoisotopic (exact) mass is 632 g/mol. The van der Waals surface area contributed by atoms with Crippen molar-refractivity contribution in [2.45, 2.75) is 45.2 Å². The smallest absolute Gasteiger partial charge is 0.326 e. The van der Waals surface area contributed by atoms with Crippen LogP contribution in [0.25, 0.3) is 11.1 Å². The maximum Gasteiger partial charge on any atom is 0.326 e. The second-order valence-corrected chi connectivity index (χ2v) is 12.6. The van der Waals surface area contributed by atoms with Crippen LogP contribution in [-0.4, -0.2) is 23.0 Å². The van der Waals surface area contributed by atoms with E-state index < -0.39 is 17.9 Å². The fraction of sp³-hybridized carbons (Fsp3) is 0.179. The number of anilines is 1. The lowest BCUT2D eigenvalue weighted by Gasteiger charge is -2.20. The van der Waals surface area contributed by atoms with E-state index in [0.29, 0.717) is 28.8 Å². The van der Waals surface area contributed by atoms with Crippen LogP contribution in [0.3, 0.4) is 0 Å². The summed E-state index contributed by atoms with van der Waals surface area (Å²) in [4.78, 5) is 26.1. The van der Waals surface area contributed by atoms with Gasteiger partial charge in [0.25, 0.3) is 5.91 Å². The van der Waals surface area contributed by atoms with Crippen molar-refractivity contribution in [1.82, 2.24) is 5.32 Å². The highest BCUT2D eigenvalue weighted by atomic mass is 35.5. The number of aliphatic carboxylic acids is 1. The van der Waals surface area contributed by atoms with Crippen molar-refractivity contribution in [2.75, 3.05) is 5.32 Å². The second-order valence-electron chi connectivity index (χ2n) is 12.2. The van der Waals surface area contributed by atoms with E-state index in [1.54, 1.807) is 42.5 Å². The van der Waals surface area contributed by atoms with Gasteiger partial charge in [-0.3, -0.25) is 4.79 Å². The molecule has 0 aliphatic rings. The molecule has 0 heterocycles. The number of rotatable bonds is 11. The maximum atomic E-state index is 13.7. The molecule has 0 aromatic heterocycles. The number of hydrogen-bond donors (Lipinski definition) is 3. The number of hydrogen-bond acceptors (Lipinski definition) is 4. The fourth-order valence-electron chi connectivity index (χ4n) is 5.02. The summed E-state index contributed by atoms with van der Waals surface area (Å²) in [5.41, 5.74) is 6.04. The highest BCUT2D eigenvalue weighted by molar-refractivity contribution is 6.30. The van der Waals surface area contributed by atoms with E-state index in [4.69, 9.17) is 16.3 Å². The average molecular weight is 633 g/mol. The zero-order valence-electron chi connectivity index (χ0n) is 26.1. The molecule has 3 N–H and O–H groups in total. The molecule has 0 bridgehead atoms. The summed E-state index contributed by atoms with van der Waals surface area (Å²) in [5.74, 6) is -0.670. The average Bonchev–Trinajstić information content (AvgIpc) is 3.05. The van der Waals surface area contributed by atoms with Crippen molar-refractivity contribution >= 4 is 29.2 Å². The second kappa shape index (κ2) is 14.4. The Balaban J connectivity index is 1.36. The van der Waals surface area contributed by atoms with Gasteiger partial charge >= 0.3 is 5.97 Å². The van der Waals surface area contributed by atoms with E-state index in [1.165, 1.54) is 5.56 Å². The Hall–Kier alpha value is -5.07. The summed E-state index contributed by atoms with van der Waals surface area (Å²) in [6, 6.07) is 36.9. The van der Waals surface area contributed by atoms with Crippen LogP contribution in [0.5, 0.6) is 11.5 Å². The normalized spacial score (nSPS) is 11.8. The van der Waals surface area contributed by atoms with Crippen molar-refractivity contribution in [3.05, 3.63) is 149 Å². The van der Waals surface area contributed by atoms with Crippen molar-refractivity contribution in [2.24, 2.45) is 0 Å². The minimum absolute atomic E-state index is 0.0434. The highest BCUT2D eigenvalue weighted by Gasteiger charge is 2.23. The Kier molecular flexibility index (Phi) is 10.1. The third kappa shape index (κ3) is 8.55.